The number of aromatic carboxylic acids is 2. The van der Waals surface area contributed by atoms with Gasteiger partial charge in [0, 0.05) is 19.3 Å². The molecule has 10 nitrogen and oxygen atoms in total. The van der Waals surface area contributed by atoms with Crippen LogP contribution in [0.5, 0.6) is 5.75 Å². The first-order valence-corrected chi connectivity index (χ1v) is 9.58. The van der Waals surface area contributed by atoms with Gasteiger partial charge in [0.15, 0.2) is 11.6 Å². The van der Waals surface area contributed by atoms with Crippen LogP contribution in [0.1, 0.15) is 39.6 Å². The molecule has 0 saturated heterocycles. The number of carboxylic acid groups (broad SMARTS) is 2. The van der Waals surface area contributed by atoms with E-state index >= 15 is 4.39 Å². The van der Waals surface area contributed by atoms with Gasteiger partial charge in [0.2, 0.25) is 5.43 Å². The number of hydrogen-bond acceptors (Lipinski definition) is 6. The summed E-state index contributed by atoms with van der Waals surface area (Å²) in [4.78, 5) is 41.4. The first kappa shape index (κ1) is 19.1. The number of hydrogen-bond donors (Lipinski definition) is 2. The van der Waals surface area contributed by atoms with E-state index in [1.54, 1.807) is 14.0 Å². The highest BCUT2D eigenvalue weighted by atomic mass is 19.1. The highest BCUT2D eigenvalue weighted by Crippen LogP contribution is 2.42. The third kappa shape index (κ3) is 2.69. The Labute approximate surface area is 173 Å². The van der Waals surface area contributed by atoms with Crippen molar-refractivity contribution < 1.29 is 28.9 Å². The van der Waals surface area contributed by atoms with Crippen molar-refractivity contribution in [2.75, 3.05) is 18.1 Å². The average molecular weight is 428 g/mol. The summed E-state index contributed by atoms with van der Waals surface area (Å²) >= 11 is 0. The fourth-order valence-corrected chi connectivity index (χ4v) is 4.28. The third-order valence-corrected chi connectivity index (χ3v) is 5.77. The summed E-state index contributed by atoms with van der Waals surface area (Å²) in [5.74, 6) is -2.55. The van der Waals surface area contributed by atoms with Crippen LogP contribution >= 0.6 is 0 Å². The Morgan fingerprint density at radius 1 is 1.26 bits per heavy atom. The molecule has 1 aromatic carbocycles. The number of halogens is 1. The number of fused-ring (bicyclic) bond motifs is 1. The molecular formula is C20H17FN4O6. The van der Waals surface area contributed by atoms with Crippen molar-refractivity contribution in [1.82, 2.24) is 14.1 Å². The molecule has 11 heteroatoms. The van der Waals surface area contributed by atoms with E-state index < -0.39 is 28.7 Å². The van der Waals surface area contributed by atoms with Crippen LogP contribution in [0.2, 0.25) is 0 Å². The molecule has 1 unspecified atom stereocenters. The van der Waals surface area contributed by atoms with E-state index in [1.165, 1.54) is 12.4 Å². The van der Waals surface area contributed by atoms with E-state index in [1.807, 2.05) is 6.92 Å². The Morgan fingerprint density at radius 2 is 2.03 bits per heavy atom. The Morgan fingerprint density at radius 3 is 2.74 bits per heavy atom. The number of anilines is 1. The van der Waals surface area contributed by atoms with E-state index in [0.717, 1.165) is 6.07 Å². The molecule has 0 radical (unpaired) electrons. The molecule has 1 atom stereocenters. The second-order valence-electron chi connectivity index (χ2n) is 7.61. The number of carbonyl (C=O) groups is 2. The third-order valence-electron chi connectivity index (χ3n) is 5.77. The second kappa shape index (κ2) is 6.56. The van der Waals surface area contributed by atoms with Crippen LogP contribution < -0.4 is 15.1 Å². The van der Waals surface area contributed by atoms with Crippen LogP contribution in [-0.4, -0.2) is 49.4 Å². The lowest BCUT2D eigenvalue weighted by Gasteiger charge is -2.34. The summed E-state index contributed by atoms with van der Waals surface area (Å²) in [6.07, 6.45) is 2.54. The summed E-state index contributed by atoms with van der Waals surface area (Å²) in [7, 11) is 0. The number of aromatic nitrogens is 3. The molecule has 2 aliphatic rings. The van der Waals surface area contributed by atoms with Crippen LogP contribution in [-0.2, 0) is 13.1 Å². The highest BCUT2D eigenvalue weighted by molar-refractivity contribution is 5.97. The molecule has 2 N–H and O–H groups in total. The summed E-state index contributed by atoms with van der Waals surface area (Å²) in [6.45, 7) is 2.72. The lowest BCUT2D eigenvalue weighted by Crippen LogP contribution is -2.36. The zero-order valence-electron chi connectivity index (χ0n) is 16.3. The zero-order valence-corrected chi connectivity index (χ0v) is 16.3. The Balaban J connectivity index is 1.70. The second-order valence-corrected chi connectivity index (χ2v) is 7.61. The fourth-order valence-electron chi connectivity index (χ4n) is 4.28. The smallest absolute Gasteiger partial charge is 0.354 e. The highest BCUT2D eigenvalue weighted by Gasteiger charge is 2.32. The van der Waals surface area contributed by atoms with Gasteiger partial charge in [-0.3, -0.25) is 4.79 Å². The predicted octanol–water partition coefficient (Wildman–Crippen LogP) is 1.71. The molecule has 2 aliphatic heterocycles. The first-order valence-electron chi connectivity index (χ1n) is 9.58. The van der Waals surface area contributed by atoms with Crippen LogP contribution in [0.15, 0.2) is 23.3 Å². The Kier molecular flexibility index (Phi) is 4.04. The summed E-state index contributed by atoms with van der Waals surface area (Å²) < 4.78 is 24.3. The minimum Gasteiger partial charge on any atom is -0.487 e. The largest absolute Gasteiger partial charge is 0.487 e. The predicted molar refractivity (Wildman–Crippen MR) is 106 cm³/mol. The molecule has 4 heterocycles. The van der Waals surface area contributed by atoms with Gasteiger partial charge in [-0.2, -0.15) is 0 Å². The minimum atomic E-state index is -1.38. The Hall–Kier alpha value is -3.89. The maximum absolute atomic E-state index is 15.3. The molecule has 0 bridgehead atoms. The normalized spacial score (nSPS) is 17.4. The van der Waals surface area contributed by atoms with Gasteiger partial charge in [-0.25, -0.2) is 19.0 Å². The van der Waals surface area contributed by atoms with Crippen LogP contribution in [0.25, 0.3) is 10.9 Å². The molecule has 0 fully saturated rings. The number of carboxylic acids is 2. The minimum absolute atomic E-state index is 0.0608. The van der Waals surface area contributed by atoms with Crippen LogP contribution in [0.4, 0.5) is 10.1 Å². The zero-order chi connectivity index (χ0) is 22.0. The summed E-state index contributed by atoms with van der Waals surface area (Å²) in [5.41, 5.74) is -0.661. The number of nitrogens with zero attached hydrogens (tertiary/aromatic N) is 4. The van der Waals surface area contributed by atoms with Gasteiger partial charge in [0.25, 0.3) is 0 Å². The van der Waals surface area contributed by atoms with Crippen LogP contribution in [0.3, 0.4) is 0 Å². The molecule has 0 saturated carbocycles. The van der Waals surface area contributed by atoms with E-state index in [0.29, 0.717) is 17.9 Å². The van der Waals surface area contributed by atoms with Gasteiger partial charge < -0.3 is 29.0 Å². The quantitative estimate of drug-likeness (QED) is 0.646. The number of benzene rings is 1. The van der Waals surface area contributed by atoms with Crippen molar-refractivity contribution in [2.45, 2.75) is 26.1 Å². The topological polar surface area (TPSA) is 127 Å². The number of imidazole rings is 1. The summed E-state index contributed by atoms with van der Waals surface area (Å²) in [5, 5.41) is 18.6. The molecule has 0 aliphatic carbocycles. The van der Waals surface area contributed by atoms with Gasteiger partial charge in [0.05, 0.1) is 29.7 Å². The van der Waals surface area contributed by atoms with Crippen molar-refractivity contribution in [1.29, 1.82) is 0 Å². The molecular weight excluding hydrogens is 411 g/mol. The molecule has 0 spiro atoms. The number of rotatable bonds is 3. The molecule has 160 valence electrons. The number of ether oxygens (including phenoxy) is 1. The van der Waals surface area contributed by atoms with Crippen molar-refractivity contribution in [2.24, 2.45) is 0 Å². The maximum atomic E-state index is 15.3. The van der Waals surface area contributed by atoms with Gasteiger partial charge in [-0.05, 0) is 13.0 Å². The molecule has 0 amide bonds. The lowest BCUT2D eigenvalue weighted by molar-refractivity contribution is 0.0677. The molecule has 3 aromatic rings. The van der Waals surface area contributed by atoms with Gasteiger partial charge in [-0.15, -0.1) is 0 Å². The monoisotopic (exact) mass is 428 g/mol. The lowest BCUT2D eigenvalue weighted by atomic mass is 10.1. The van der Waals surface area contributed by atoms with Crippen molar-refractivity contribution in [3.63, 3.8) is 0 Å². The molecule has 31 heavy (non-hydrogen) atoms. The van der Waals surface area contributed by atoms with Gasteiger partial charge >= 0.3 is 11.9 Å². The average Bonchev–Trinajstić information content (AvgIpc) is 3.15. The standard InChI is InChI=1S/C20H17FN4O6/c1-9-8-31-18-15-10(17(26)11(19(27)28)6-25(9)15)4-12(21)16(18)23-2-3-24-13(20(29)30)5-22-14(24)7-23/h4-6,9H,2-3,7-8H2,1H3,(H,27,28)(H,29,30). The van der Waals surface area contributed by atoms with Crippen molar-refractivity contribution in [3.05, 3.63) is 51.6 Å². The summed E-state index contributed by atoms with van der Waals surface area (Å²) in [6, 6.07) is 0.787. The van der Waals surface area contributed by atoms with Crippen molar-refractivity contribution in [3.8, 4) is 5.75 Å². The van der Waals surface area contributed by atoms with Crippen molar-refractivity contribution >= 4 is 28.5 Å². The SMILES string of the molecule is CC1COc2c(N3CCn4c(C(=O)O)cnc4C3)c(F)cc3c(=O)c(C(=O)O)cn1c23. The van der Waals surface area contributed by atoms with Crippen LogP contribution in [0, 0.1) is 5.82 Å². The number of pyridine rings is 1. The maximum Gasteiger partial charge on any atom is 0.354 e. The van der Waals surface area contributed by atoms with E-state index in [4.69, 9.17) is 4.74 Å². The van der Waals surface area contributed by atoms with Gasteiger partial charge in [-0.1, -0.05) is 0 Å². The molecule has 5 rings (SSSR count). The van der Waals surface area contributed by atoms with Gasteiger partial charge in [0.1, 0.15) is 29.4 Å². The first-order chi connectivity index (χ1) is 14.8. The fraction of sp³-hybridized carbons (Fsp3) is 0.300. The molecule has 2 aromatic heterocycles. The Bertz CT molecular complexity index is 1340. The van der Waals surface area contributed by atoms with E-state index in [-0.39, 0.29) is 48.3 Å². The van der Waals surface area contributed by atoms with E-state index in [2.05, 4.69) is 4.98 Å². The van der Waals surface area contributed by atoms with E-state index in [9.17, 15) is 24.6 Å².